The molecule has 1 aromatic heterocycles. The number of hydrogen-bond acceptors (Lipinski definition) is 4. The largest absolute Gasteiger partial charge is 0.368 e. The van der Waals surface area contributed by atoms with Crippen molar-refractivity contribution in [1.29, 1.82) is 0 Å². The number of halogens is 1. The van der Waals surface area contributed by atoms with Crippen LogP contribution in [0.25, 0.3) is 10.9 Å². The van der Waals surface area contributed by atoms with Crippen LogP contribution >= 0.6 is 0 Å². The zero-order chi connectivity index (χ0) is 21.3. The standard InChI is InChI=1S/C22H20FN3O3S/c1-2-30(28,29)25-13-11-24(12-14-25)21-15-22(27)26(20-6-4-3-5-19(20)21)16-17-7-9-18(23)10-8-17/h1,3-10,15H,11-14,16H2. The molecular formula is C22H20FN3O3S. The molecule has 30 heavy (non-hydrogen) atoms. The van der Waals surface area contributed by atoms with Crippen molar-refractivity contribution >= 4 is 26.6 Å². The number of rotatable bonds is 4. The summed E-state index contributed by atoms with van der Waals surface area (Å²) in [5.74, 6) is -0.322. The van der Waals surface area contributed by atoms with Crippen molar-refractivity contribution in [3.63, 3.8) is 0 Å². The molecule has 1 saturated heterocycles. The van der Waals surface area contributed by atoms with Crippen molar-refractivity contribution in [2.75, 3.05) is 31.1 Å². The fraction of sp³-hybridized carbons (Fsp3) is 0.227. The third-order valence-electron chi connectivity index (χ3n) is 5.32. The van der Waals surface area contributed by atoms with Crippen molar-refractivity contribution in [2.24, 2.45) is 0 Å². The molecule has 0 N–H and O–H groups in total. The Morgan fingerprint density at radius 1 is 1.00 bits per heavy atom. The fourth-order valence-electron chi connectivity index (χ4n) is 3.76. The highest BCUT2D eigenvalue weighted by atomic mass is 32.2. The molecule has 0 amide bonds. The Balaban J connectivity index is 1.69. The highest BCUT2D eigenvalue weighted by molar-refractivity contribution is 7.93. The van der Waals surface area contributed by atoms with Crippen LogP contribution in [0.3, 0.4) is 0 Å². The summed E-state index contributed by atoms with van der Waals surface area (Å²) in [5.41, 5.74) is 2.18. The van der Waals surface area contributed by atoms with Crippen LogP contribution in [0.4, 0.5) is 10.1 Å². The Labute approximate surface area is 174 Å². The zero-order valence-electron chi connectivity index (χ0n) is 16.2. The molecule has 2 aromatic carbocycles. The number of anilines is 1. The minimum Gasteiger partial charge on any atom is -0.368 e. The first-order valence-corrected chi connectivity index (χ1v) is 10.9. The maximum atomic E-state index is 13.2. The van der Waals surface area contributed by atoms with E-state index in [1.54, 1.807) is 22.8 Å². The summed E-state index contributed by atoms with van der Waals surface area (Å²) in [6.07, 6.45) is 5.11. The minimum absolute atomic E-state index is 0.174. The number of sulfonamides is 1. The zero-order valence-corrected chi connectivity index (χ0v) is 17.0. The van der Waals surface area contributed by atoms with Gasteiger partial charge in [0.1, 0.15) is 5.82 Å². The predicted molar refractivity (Wildman–Crippen MR) is 115 cm³/mol. The molecular weight excluding hydrogens is 405 g/mol. The minimum atomic E-state index is -3.68. The van der Waals surface area contributed by atoms with Crippen LogP contribution < -0.4 is 10.5 Å². The topological polar surface area (TPSA) is 62.6 Å². The van der Waals surface area contributed by atoms with Gasteiger partial charge in [-0.05, 0) is 23.8 Å². The first-order valence-electron chi connectivity index (χ1n) is 9.48. The first-order chi connectivity index (χ1) is 14.4. The number of fused-ring (bicyclic) bond motifs is 1. The molecule has 0 radical (unpaired) electrons. The van der Waals surface area contributed by atoms with Crippen LogP contribution in [0, 0.1) is 17.5 Å². The van der Waals surface area contributed by atoms with Gasteiger partial charge in [0.25, 0.3) is 15.6 Å². The Morgan fingerprint density at radius 2 is 1.67 bits per heavy atom. The smallest absolute Gasteiger partial charge is 0.282 e. The average Bonchev–Trinajstić information content (AvgIpc) is 2.77. The van der Waals surface area contributed by atoms with E-state index in [1.165, 1.54) is 16.4 Å². The average molecular weight is 425 g/mol. The molecule has 1 aliphatic heterocycles. The maximum absolute atomic E-state index is 13.2. The molecule has 0 saturated carbocycles. The van der Waals surface area contributed by atoms with E-state index >= 15 is 0 Å². The third-order valence-corrected chi connectivity index (χ3v) is 6.66. The third kappa shape index (κ3) is 3.82. The van der Waals surface area contributed by atoms with E-state index in [0.29, 0.717) is 19.6 Å². The van der Waals surface area contributed by atoms with Crippen molar-refractivity contribution in [1.82, 2.24) is 8.87 Å². The maximum Gasteiger partial charge on any atom is 0.282 e. The molecule has 3 aromatic rings. The Hall–Kier alpha value is -3.15. The number of benzene rings is 2. The summed E-state index contributed by atoms with van der Waals surface area (Å²) in [7, 11) is -3.68. The van der Waals surface area contributed by atoms with Crippen LogP contribution in [-0.4, -0.2) is 43.5 Å². The lowest BCUT2D eigenvalue weighted by Crippen LogP contribution is -2.48. The van der Waals surface area contributed by atoms with E-state index in [0.717, 1.165) is 22.2 Å². The van der Waals surface area contributed by atoms with Crippen LogP contribution in [-0.2, 0) is 16.6 Å². The molecule has 0 aliphatic carbocycles. The summed E-state index contributed by atoms with van der Waals surface area (Å²) in [5, 5.41) is 2.74. The van der Waals surface area contributed by atoms with Gasteiger partial charge in [-0.1, -0.05) is 30.3 Å². The molecule has 0 spiro atoms. The van der Waals surface area contributed by atoms with E-state index in [4.69, 9.17) is 6.42 Å². The van der Waals surface area contributed by atoms with Gasteiger partial charge in [0.2, 0.25) is 0 Å². The molecule has 0 unspecified atom stereocenters. The summed E-state index contributed by atoms with van der Waals surface area (Å²) >= 11 is 0. The van der Waals surface area contributed by atoms with Crippen molar-refractivity contribution in [3.05, 3.63) is 76.3 Å². The number of piperazine rings is 1. The summed E-state index contributed by atoms with van der Waals surface area (Å²) in [4.78, 5) is 15.0. The van der Waals surface area contributed by atoms with E-state index in [-0.39, 0.29) is 24.5 Å². The second-order valence-corrected chi connectivity index (χ2v) is 8.81. The SMILES string of the molecule is C#CS(=O)(=O)N1CCN(c2cc(=O)n(Cc3ccc(F)cc3)c3ccccc23)CC1. The molecule has 1 aliphatic rings. The normalized spacial score (nSPS) is 15.3. The Kier molecular flexibility index (Phi) is 5.33. The highest BCUT2D eigenvalue weighted by Gasteiger charge is 2.26. The number of para-hydroxylation sites is 1. The van der Waals surface area contributed by atoms with Gasteiger partial charge in [-0.15, -0.1) is 6.42 Å². The second kappa shape index (κ2) is 7.94. The lowest BCUT2D eigenvalue weighted by Gasteiger charge is -2.35. The highest BCUT2D eigenvalue weighted by Crippen LogP contribution is 2.27. The summed E-state index contributed by atoms with van der Waals surface area (Å²) in [6.45, 7) is 1.73. The van der Waals surface area contributed by atoms with Crippen LogP contribution in [0.5, 0.6) is 0 Å². The number of hydrogen-bond donors (Lipinski definition) is 0. The van der Waals surface area contributed by atoms with E-state index < -0.39 is 10.0 Å². The van der Waals surface area contributed by atoms with Gasteiger partial charge in [-0.2, -0.15) is 12.7 Å². The van der Waals surface area contributed by atoms with E-state index in [2.05, 4.69) is 0 Å². The number of nitrogens with zero attached hydrogens (tertiary/aromatic N) is 3. The fourth-order valence-corrected chi connectivity index (χ4v) is 4.55. The Morgan fingerprint density at radius 3 is 2.33 bits per heavy atom. The Bertz CT molecular complexity index is 1290. The molecule has 4 rings (SSSR count). The number of terminal acetylenes is 1. The molecule has 6 nitrogen and oxygen atoms in total. The van der Waals surface area contributed by atoms with E-state index in [9.17, 15) is 17.6 Å². The van der Waals surface area contributed by atoms with Gasteiger partial charge in [0, 0.05) is 42.9 Å². The van der Waals surface area contributed by atoms with Crippen LogP contribution in [0.2, 0.25) is 0 Å². The molecule has 0 atom stereocenters. The quantitative estimate of drug-likeness (QED) is 0.602. The van der Waals surface area contributed by atoms with Gasteiger partial charge in [0.05, 0.1) is 17.7 Å². The lowest BCUT2D eigenvalue weighted by molar-refractivity contribution is 0.391. The van der Waals surface area contributed by atoms with Crippen LogP contribution in [0.15, 0.2) is 59.4 Å². The molecule has 2 heterocycles. The molecule has 8 heteroatoms. The summed E-state index contributed by atoms with van der Waals surface area (Å²) < 4.78 is 39.9. The molecule has 1 fully saturated rings. The molecule has 0 bridgehead atoms. The van der Waals surface area contributed by atoms with Crippen molar-refractivity contribution < 1.29 is 12.8 Å². The summed E-state index contributed by atoms with van der Waals surface area (Å²) in [6, 6.07) is 15.2. The number of aromatic nitrogens is 1. The number of pyridine rings is 1. The monoisotopic (exact) mass is 425 g/mol. The van der Waals surface area contributed by atoms with Gasteiger partial charge in [0.15, 0.2) is 0 Å². The van der Waals surface area contributed by atoms with Gasteiger partial charge in [-0.3, -0.25) is 4.79 Å². The lowest BCUT2D eigenvalue weighted by atomic mass is 10.1. The van der Waals surface area contributed by atoms with Gasteiger partial charge in [-0.25, -0.2) is 4.39 Å². The van der Waals surface area contributed by atoms with Crippen molar-refractivity contribution in [2.45, 2.75) is 6.54 Å². The predicted octanol–water partition coefficient (Wildman–Crippen LogP) is 2.23. The first kappa shape index (κ1) is 20.1. The van der Waals surface area contributed by atoms with Gasteiger partial charge < -0.3 is 9.47 Å². The molecule has 154 valence electrons. The second-order valence-electron chi connectivity index (χ2n) is 7.11. The van der Waals surface area contributed by atoms with Gasteiger partial charge >= 0.3 is 0 Å². The van der Waals surface area contributed by atoms with Crippen LogP contribution in [0.1, 0.15) is 5.56 Å². The van der Waals surface area contributed by atoms with E-state index in [1.807, 2.05) is 34.4 Å². The van der Waals surface area contributed by atoms with Crippen molar-refractivity contribution in [3.8, 4) is 11.7 Å².